The molecular weight excluding hydrogens is 482 g/mol. The number of Topliss-reactive ketones (excluding diaryl/α,β-unsaturated/α-hetero) is 1. The van der Waals surface area contributed by atoms with Crippen LogP contribution in [0.1, 0.15) is 67.9 Å². The summed E-state index contributed by atoms with van der Waals surface area (Å²) in [6, 6.07) is 22.9. The number of aliphatic carboxylic acids is 1. The number of carboxylic acids is 1. The molecule has 8 heteroatoms. The fourth-order valence-corrected chi connectivity index (χ4v) is 3.11. The van der Waals surface area contributed by atoms with Crippen LogP contribution in [0.4, 0.5) is 5.69 Å². The lowest BCUT2D eigenvalue weighted by Gasteiger charge is -2.07. The predicted octanol–water partition coefficient (Wildman–Crippen LogP) is 5.62. The van der Waals surface area contributed by atoms with Crippen LogP contribution in [-0.4, -0.2) is 28.8 Å². The Bertz CT molecular complexity index is 1170. The minimum atomic E-state index is -0.744. The Balaban J connectivity index is 0.000000403. The average molecular weight is 520 g/mol. The molecule has 0 saturated heterocycles. The average Bonchev–Trinajstić information content (AvgIpc) is 2.86. The molecule has 8 nitrogen and oxygen atoms in total. The molecule has 1 unspecified atom stereocenters. The summed E-state index contributed by atoms with van der Waals surface area (Å²) < 4.78 is 5.27. The molecule has 0 spiro atoms. The Morgan fingerprint density at radius 3 is 1.92 bits per heavy atom. The topological polar surface area (TPSA) is 145 Å². The van der Waals surface area contributed by atoms with Gasteiger partial charge >= 0.3 is 11.9 Å². The Labute approximate surface area is 224 Å². The largest absolute Gasteiger partial charge is 0.481 e. The maximum Gasteiger partial charge on any atom is 0.343 e. The second kappa shape index (κ2) is 17.1. The van der Waals surface area contributed by atoms with Crippen LogP contribution in [0.2, 0.25) is 0 Å². The summed E-state index contributed by atoms with van der Waals surface area (Å²) in [5, 5.41) is 8.55. The molecule has 5 N–H and O–H groups in total. The molecule has 0 bridgehead atoms. The van der Waals surface area contributed by atoms with E-state index in [9.17, 15) is 14.4 Å². The maximum atomic E-state index is 12.0. The summed E-state index contributed by atoms with van der Waals surface area (Å²) in [5.74, 6) is -0.687. The van der Waals surface area contributed by atoms with Crippen molar-refractivity contribution in [1.29, 1.82) is 0 Å². The number of benzene rings is 3. The van der Waals surface area contributed by atoms with Gasteiger partial charge in [-0.2, -0.15) is 0 Å². The molecule has 0 aliphatic carbocycles. The number of carboxylic acid groups (broad SMARTS) is 1. The molecule has 0 aliphatic heterocycles. The van der Waals surface area contributed by atoms with Crippen molar-refractivity contribution in [2.75, 3.05) is 0 Å². The van der Waals surface area contributed by atoms with Gasteiger partial charge in [0.15, 0.2) is 5.96 Å². The number of nitrogens with zero attached hydrogens (tertiary/aromatic N) is 1. The predicted molar refractivity (Wildman–Crippen MR) is 151 cm³/mol. The summed E-state index contributed by atoms with van der Waals surface area (Å²) in [7, 11) is 0. The SMILES string of the molecule is CC(=O)Cc1ccc(OC(=O)c2ccc(N=C(N)N)cc2)cc1.CC(CC(=O)O)c1ccccc1.CCC. The van der Waals surface area contributed by atoms with Gasteiger partial charge in [-0.05, 0) is 60.4 Å². The molecule has 3 rings (SSSR count). The van der Waals surface area contributed by atoms with E-state index in [-0.39, 0.29) is 24.1 Å². The highest BCUT2D eigenvalue weighted by molar-refractivity contribution is 5.91. The lowest BCUT2D eigenvalue weighted by atomic mass is 9.98. The zero-order valence-electron chi connectivity index (χ0n) is 22.4. The third kappa shape index (κ3) is 13.0. The summed E-state index contributed by atoms with van der Waals surface area (Å²) >= 11 is 0. The van der Waals surface area contributed by atoms with Gasteiger partial charge < -0.3 is 21.3 Å². The third-order valence-electron chi connectivity index (χ3n) is 4.80. The maximum absolute atomic E-state index is 12.0. The van der Waals surface area contributed by atoms with E-state index in [1.165, 1.54) is 13.3 Å². The summed E-state index contributed by atoms with van der Waals surface area (Å²) in [4.78, 5) is 37.3. The molecule has 1 atom stereocenters. The van der Waals surface area contributed by atoms with Crippen molar-refractivity contribution in [3.8, 4) is 5.75 Å². The number of aliphatic imine (C=N–C) groups is 1. The number of esters is 1. The molecule has 0 aliphatic rings. The normalized spacial score (nSPS) is 10.4. The van der Waals surface area contributed by atoms with Crippen molar-refractivity contribution in [3.05, 3.63) is 95.6 Å². The lowest BCUT2D eigenvalue weighted by Crippen LogP contribution is -2.21. The van der Waals surface area contributed by atoms with Crippen molar-refractivity contribution in [1.82, 2.24) is 0 Å². The van der Waals surface area contributed by atoms with Crippen LogP contribution < -0.4 is 16.2 Å². The van der Waals surface area contributed by atoms with Gasteiger partial charge in [0.25, 0.3) is 0 Å². The van der Waals surface area contributed by atoms with Crippen LogP contribution in [0.5, 0.6) is 5.75 Å². The molecule has 0 amide bonds. The third-order valence-corrected chi connectivity index (χ3v) is 4.80. The van der Waals surface area contributed by atoms with E-state index in [1.54, 1.807) is 48.5 Å². The molecule has 3 aromatic carbocycles. The molecule has 3 aromatic rings. The van der Waals surface area contributed by atoms with Crippen LogP contribution in [0.3, 0.4) is 0 Å². The minimum Gasteiger partial charge on any atom is -0.481 e. The number of guanidine groups is 1. The molecule has 38 heavy (non-hydrogen) atoms. The number of carbonyl (C=O) groups is 3. The molecular formula is C30H37N3O5. The van der Waals surface area contributed by atoms with Crippen LogP contribution in [0.25, 0.3) is 0 Å². The number of hydrogen-bond donors (Lipinski definition) is 3. The van der Waals surface area contributed by atoms with Gasteiger partial charge in [-0.1, -0.05) is 69.7 Å². The first-order valence-corrected chi connectivity index (χ1v) is 12.3. The molecule has 0 heterocycles. The number of carbonyl (C=O) groups excluding carboxylic acids is 2. The first-order chi connectivity index (χ1) is 18.0. The van der Waals surface area contributed by atoms with E-state index < -0.39 is 11.9 Å². The van der Waals surface area contributed by atoms with Crippen molar-refractivity contribution >= 4 is 29.4 Å². The number of ether oxygens (including phenoxy) is 1. The van der Waals surface area contributed by atoms with Gasteiger partial charge in [0.1, 0.15) is 11.5 Å². The van der Waals surface area contributed by atoms with E-state index in [1.807, 2.05) is 37.3 Å². The van der Waals surface area contributed by atoms with Crippen LogP contribution >= 0.6 is 0 Å². The summed E-state index contributed by atoms with van der Waals surface area (Å²) in [6.07, 6.45) is 1.81. The van der Waals surface area contributed by atoms with Crippen LogP contribution in [0, 0.1) is 0 Å². The Kier molecular flexibility index (Phi) is 14.2. The fourth-order valence-electron chi connectivity index (χ4n) is 3.11. The Morgan fingerprint density at radius 2 is 1.45 bits per heavy atom. The highest BCUT2D eigenvalue weighted by Crippen LogP contribution is 2.18. The van der Waals surface area contributed by atoms with Crippen molar-refractivity contribution < 1.29 is 24.2 Å². The van der Waals surface area contributed by atoms with Gasteiger partial charge in [-0.25, -0.2) is 9.79 Å². The molecule has 0 aromatic heterocycles. The van der Waals surface area contributed by atoms with E-state index in [4.69, 9.17) is 21.3 Å². The minimum absolute atomic E-state index is 0.0500. The first kappa shape index (κ1) is 31.6. The van der Waals surface area contributed by atoms with Gasteiger partial charge in [0.05, 0.1) is 17.7 Å². The van der Waals surface area contributed by atoms with Crippen LogP contribution in [-0.2, 0) is 16.0 Å². The van der Waals surface area contributed by atoms with Gasteiger partial charge in [0, 0.05) is 6.42 Å². The number of nitrogens with two attached hydrogens (primary N) is 2. The smallest absolute Gasteiger partial charge is 0.343 e. The van der Waals surface area contributed by atoms with E-state index in [0.717, 1.165) is 11.1 Å². The monoisotopic (exact) mass is 519 g/mol. The number of ketones is 1. The first-order valence-electron chi connectivity index (χ1n) is 12.3. The highest BCUT2D eigenvalue weighted by Gasteiger charge is 2.09. The fraction of sp³-hybridized carbons (Fsp3) is 0.267. The van der Waals surface area contributed by atoms with E-state index in [0.29, 0.717) is 23.4 Å². The molecule has 0 saturated carbocycles. The van der Waals surface area contributed by atoms with E-state index >= 15 is 0 Å². The molecule has 202 valence electrons. The number of rotatable bonds is 8. The number of hydrogen-bond acceptors (Lipinski definition) is 5. The standard InChI is InChI=1S/C17H17N3O3.C10H12O2.C3H8/c1-11(21)10-12-2-8-15(9-3-12)23-16(22)13-4-6-14(7-5-13)20-17(18)19;1-8(7-10(11)12)9-5-3-2-4-6-9;1-3-2/h2-9H,10H2,1H3,(H4,18,19,20);2-6,8H,7H2,1H3,(H,11,12);3H2,1-2H3. The van der Waals surface area contributed by atoms with Crippen molar-refractivity contribution in [2.45, 2.75) is 52.9 Å². The zero-order chi connectivity index (χ0) is 28.5. The molecule has 0 radical (unpaired) electrons. The van der Waals surface area contributed by atoms with Gasteiger partial charge in [0.2, 0.25) is 0 Å². The highest BCUT2D eigenvalue weighted by atomic mass is 16.5. The Morgan fingerprint density at radius 1 is 0.895 bits per heavy atom. The van der Waals surface area contributed by atoms with Crippen LogP contribution in [0.15, 0.2) is 83.9 Å². The second-order valence-corrected chi connectivity index (χ2v) is 8.61. The van der Waals surface area contributed by atoms with Crippen molar-refractivity contribution in [3.63, 3.8) is 0 Å². The van der Waals surface area contributed by atoms with E-state index in [2.05, 4.69) is 18.8 Å². The molecule has 0 fully saturated rings. The second-order valence-electron chi connectivity index (χ2n) is 8.61. The zero-order valence-corrected chi connectivity index (χ0v) is 22.4. The van der Waals surface area contributed by atoms with Crippen molar-refractivity contribution in [2.24, 2.45) is 16.5 Å². The van der Waals surface area contributed by atoms with Gasteiger partial charge in [-0.15, -0.1) is 0 Å². The van der Waals surface area contributed by atoms with Gasteiger partial charge in [-0.3, -0.25) is 9.59 Å². The quantitative estimate of drug-likeness (QED) is 0.151. The Hall–Kier alpha value is -4.46. The summed E-state index contributed by atoms with van der Waals surface area (Å²) in [6.45, 7) is 7.70. The lowest BCUT2D eigenvalue weighted by molar-refractivity contribution is -0.137. The summed E-state index contributed by atoms with van der Waals surface area (Å²) in [5.41, 5.74) is 13.5.